The average molecular weight is 388 g/mol. The van der Waals surface area contributed by atoms with Gasteiger partial charge in [0.25, 0.3) is 0 Å². The molecule has 0 aromatic carbocycles. The molecule has 1 rings (SSSR count). The van der Waals surface area contributed by atoms with Crippen LogP contribution < -0.4 is 0 Å². The molecule has 0 amide bonds. The van der Waals surface area contributed by atoms with Gasteiger partial charge >= 0.3 is 0 Å². The lowest BCUT2D eigenvalue weighted by Crippen LogP contribution is -1.81. The van der Waals surface area contributed by atoms with E-state index in [4.69, 9.17) is 0 Å². The lowest BCUT2D eigenvalue weighted by molar-refractivity contribution is 0.560. The van der Waals surface area contributed by atoms with Gasteiger partial charge in [-0.15, -0.1) is 0 Å². The highest BCUT2D eigenvalue weighted by atomic mass is 14.0. The van der Waals surface area contributed by atoms with Crippen LogP contribution in [0.1, 0.15) is 70.6 Å². The molecule has 0 nitrogen and oxygen atoms in total. The monoisotopic (exact) mass is 387 g/mol. The van der Waals surface area contributed by atoms with Gasteiger partial charge < -0.3 is 0 Å². The smallest absolute Gasteiger partial charge is 0.0276 e. The summed E-state index contributed by atoms with van der Waals surface area (Å²) in [6, 6.07) is 0. The first-order valence-corrected chi connectivity index (χ1v) is 11.4. The van der Waals surface area contributed by atoms with Crippen LogP contribution in [0.3, 0.4) is 0 Å². The minimum absolute atomic E-state index is 1.07. The fraction of sp³-hybridized carbons (Fsp3) is 0.379. The first-order valence-electron chi connectivity index (χ1n) is 11.4. The summed E-state index contributed by atoms with van der Waals surface area (Å²) in [6.07, 6.45) is 53.0. The van der Waals surface area contributed by atoms with Gasteiger partial charge in [0, 0.05) is 0 Å². The molecule has 1 aliphatic carbocycles. The van der Waals surface area contributed by atoms with Crippen molar-refractivity contribution in [2.45, 2.75) is 70.6 Å². The molecule has 0 saturated heterocycles. The first kappa shape index (κ1) is 24.7. The van der Waals surface area contributed by atoms with Crippen molar-refractivity contribution < 1.29 is 0 Å². The van der Waals surface area contributed by atoms with Gasteiger partial charge in [-0.3, -0.25) is 0 Å². The zero-order chi connectivity index (χ0) is 20.5. The predicted molar refractivity (Wildman–Crippen MR) is 132 cm³/mol. The highest BCUT2D eigenvalue weighted by molar-refractivity contribution is 5.21. The van der Waals surface area contributed by atoms with Crippen molar-refractivity contribution in [3.8, 4) is 0 Å². The summed E-state index contributed by atoms with van der Waals surface area (Å²) >= 11 is 0. The van der Waals surface area contributed by atoms with Crippen molar-refractivity contribution in [3.63, 3.8) is 0 Å². The van der Waals surface area contributed by atoms with Crippen LogP contribution in [0.2, 0.25) is 0 Å². The Bertz CT molecular complexity index is 560. The maximum atomic E-state index is 3.36. The summed E-state index contributed by atoms with van der Waals surface area (Å²) in [5.74, 6) is 0. The van der Waals surface area contributed by atoms with Crippen molar-refractivity contribution in [1.82, 2.24) is 0 Å². The normalized spacial score (nSPS) is 29.0. The van der Waals surface area contributed by atoms with Crippen molar-refractivity contribution in [2.75, 3.05) is 0 Å². The van der Waals surface area contributed by atoms with Crippen molar-refractivity contribution in [2.24, 2.45) is 0 Å². The molecular formula is C29H39. The molecular weight excluding hydrogens is 348 g/mol. The Balaban J connectivity index is 2.39. The second kappa shape index (κ2) is 22.0. The summed E-state index contributed by atoms with van der Waals surface area (Å²) in [5.41, 5.74) is 0. The van der Waals surface area contributed by atoms with E-state index in [2.05, 4.69) is 42.5 Å². The SMILES string of the molecule is [C]1=C/C=C\C=C/C=C/C=C\C=C\C=C\C=C\C=C\CCCCCCCCCCC/1. The van der Waals surface area contributed by atoms with Crippen molar-refractivity contribution in [1.29, 1.82) is 0 Å². The number of hydrogen-bond donors (Lipinski definition) is 0. The minimum Gasteiger partial charge on any atom is -0.0845 e. The molecule has 0 fully saturated rings. The van der Waals surface area contributed by atoms with E-state index in [9.17, 15) is 0 Å². The topological polar surface area (TPSA) is 0 Å². The zero-order valence-electron chi connectivity index (χ0n) is 18.1. The van der Waals surface area contributed by atoms with Gasteiger partial charge in [0.15, 0.2) is 0 Å². The summed E-state index contributed by atoms with van der Waals surface area (Å²) in [6.45, 7) is 0. The maximum absolute atomic E-state index is 3.36. The Morgan fingerprint density at radius 2 is 0.724 bits per heavy atom. The average Bonchev–Trinajstić information content (AvgIpc) is 2.73. The number of rotatable bonds is 0. The standard InChI is InChI=1S/C29H39/c1-2-4-6-8-10-12-14-16-18-20-22-24-26-28-29-27-25-23-21-19-17-15-13-11-9-7-5-3-1/h1-17H,18,20-29H2/b3-1-,4-2+,7-5+,8-6+,11-9-,12-10+,15-13-,16-14+,19-17?. The van der Waals surface area contributed by atoms with Gasteiger partial charge in [-0.25, -0.2) is 0 Å². The third-order valence-electron chi connectivity index (χ3n) is 4.60. The van der Waals surface area contributed by atoms with Crippen LogP contribution in [0, 0.1) is 6.08 Å². The van der Waals surface area contributed by atoms with Gasteiger partial charge in [-0.2, -0.15) is 0 Å². The summed E-state index contributed by atoms with van der Waals surface area (Å²) < 4.78 is 0. The van der Waals surface area contributed by atoms with Crippen LogP contribution in [0.25, 0.3) is 0 Å². The van der Waals surface area contributed by atoms with Gasteiger partial charge in [-0.1, -0.05) is 148 Å². The summed E-state index contributed by atoms with van der Waals surface area (Å²) in [5, 5.41) is 0. The van der Waals surface area contributed by atoms with Gasteiger partial charge in [-0.05, 0) is 31.8 Å². The third-order valence-corrected chi connectivity index (χ3v) is 4.60. The van der Waals surface area contributed by atoms with Crippen LogP contribution in [0.5, 0.6) is 0 Å². The molecule has 155 valence electrons. The van der Waals surface area contributed by atoms with Crippen LogP contribution >= 0.6 is 0 Å². The van der Waals surface area contributed by atoms with Crippen LogP contribution in [-0.4, -0.2) is 0 Å². The Morgan fingerprint density at radius 3 is 1.24 bits per heavy atom. The van der Waals surface area contributed by atoms with E-state index in [1.165, 1.54) is 64.2 Å². The van der Waals surface area contributed by atoms with E-state index >= 15 is 0 Å². The molecule has 0 saturated carbocycles. The van der Waals surface area contributed by atoms with E-state index in [1.54, 1.807) is 0 Å². The Kier molecular flexibility index (Phi) is 18.7. The molecule has 0 aromatic heterocycles. The van der Waals surface area contributed by atoms with Crippen molar-refractivity contribution in [3.05, 3.63) is 109 Å². The lowest BCUT2D eigenvalue weighted by Gasteiger charge is -2.01. The van der Waals surface area contributed by atoms with Gasteiger partial charge in [0.2, 0.25) is 0 Å². The largest absolute Gasteiger partial charge is 0.0845 e. The Labute approximate surface area is 180 Å². The molecule has 0 heteroatoms. The second-order valence-electron chi connectivity index (χ2n) is 7.21. The third kappa shape index (κ3) is 20.2. The van der Waals surface area contributed by atoms with Crippen LogP contribution in [-0.2, 0) is 0 Å². The molecule has 29 heavy (non-hydrogen) atoms. The molecule has 1 aliphatic rings. The highest BCUT2D eigenvalue weighted by Gasteiger charge is 1.92. The molecule has 0 N–H and O–H groups in total. The van der Waals surface area contributed by atoms with E-state index in [0.29, 0.717) is 0 Å². The molecule has 0 aromatic rings. The molecule has 0 atom stereocenters. The van der Waals surface area contributed by atoms with Gasteiger partial charge in [0.1, 0.15) is 0 Å². The minimum atomic E-state index is 1.07. The van der Waals surface area contributed by atoms with E-state index in [1.807, 2.05) is 66.8 Å². The van der Waals surface area contributed by atoms with E-state index in [-0.39, 0.29) is 0 Å². The number of hydrogen-bond acceptors (Lipinski definition) is 0. The zero-order valence-corrected chi connectivity index (χ0v) is 18.1. The van der Waals surface area contributed by atoms with E-state index in [0.717, 1.165) is 6.42 Å². The second-order valence-corrected chi connectivity index (χ2v) is 7.21. The fourth-order valence-electron chi connectivity index (χ4n) is 2.94. The fourth-order valence-corrected chi connectivity index (χ4v) is 2.94. The van der Waals surface area contributed by atoms with Gasteiger partial charge in [0.05, 0.1) is 0 Å². The predicted octanol–water partition coefficient (Wildman–Crippen LogP) is 9.10. The Hall–Kier alpha value is -2.34. The molecule has 0 heterocycles. The first-order chi connectivity index (χ1) is 14.5. The van der Waals surface area contributed by atoms with E-state index < -0.39 is 0 Å². The van der Waals surface area contributed by atoms with Crippen LogP contribution in [0.4, 0.5) is 0 Å². The van der Waals surface area contributed by atoms with Crippen molar-refractivity contribution >= 4 is 0 Å². The highest BCUT2D eigenvalue weighted by Crippen LogP contribution is 2.11. The molecule has 0 unspecified atom stereocenters. The lowest BCUT2D eigenvalue weighted by atomic mass is 10.1. The molecule has 0 bridgehead atoms. The number of allylic oxidation sites excluding steroid dienone is 18. The summed E-state index contributed by atoms with van der Waals surface area (Å²) in [7, 11) is 0. The molecule has 0 aliphatic heterocycles. The summed E-state index contributed by atoms with van der Waals surface area (Å²) in [4.78, 5) is 0. The molecule has 1 radical (unpaired) electrons. The maximum Gasteiger partial charge on any atom is -0.0276 e. The van der Waals surface area contributed by atoms with Crippen LogP contribution in [0.15, 0.2) is 103 Å². The quantitative estimate of drug-likeness (QED) is 0.389. The molecule has 0 spiro atoms. The Morgan fingerprint density at radius 1 is 0.345 bits per heavy atom.